The van der Waals surface area contributed by atoms with E-state index in [1.165, 1.54) is 113 Å². The van der Waals surface area contributed by atoms with Crippen molar-refractivity contribution in [3.8, 4) is 11.1 Å². The molecule has 0 N–H and O–H groups in total. The summed E-state index contributed by atoms with van der Waals surface area (Å²) in [6.45, 7) is 27.7. The lowest BCUT2D eigenvalue weighted by atomic mass is 9.36. The van der Waals surface area contributed by atoms with Gasteiger partial charge in [-0.25, -0.2) is 0 Å². The summed E-state index contributed by atoms with van der Waals surface area (Å²) in [6, 6.07) is 74.4. The van der Waals surface area contributed by atoms with Gasteiger partial charge in [-0.15, -0.1) is 22.7 Å². The molecule has 386 valence electrons. The zero-order chi connectivity index (χ0) is 54.2. The average molecular weight is 1050 g/mol. The third kappa shape index (κ3) is 8.29. The largest absolute Gasteiger partial charge is 0.310 e. The highest BCUT2D eigenvalue weighted by molar-refractivity contribution is 7.33. The van der Waals surface area contributed by atoms with E-state index in [-0.39, 0.29) is 28.4 Å². The first-order valence-corrected chi connectivity index (χ1v) is 29.4. The minimum absolute atomic E-state index is 0.0161. The van der Waals surface area contributed by atoms with Crippen molar-refractivity contribution in [3.63, 3.8) is 0 Å². The van der Waals surface area contributed by atoms with Crippen molar-refractivity contribution in [2.75, 3.05) is 14.7 Å². The van der Waals surface area contributed by atoms with Gasteiger partial charge in [0.15, 0.2) is 0 Å². The molecule has 0 spiro atoms. The Hall–Kier alpha value is -7.38. The molecule has 78 heavy (non-hydrogen) atoms. The van der Waals surface area contributed by atoms with E-state index in [4.69, 9.17) is 0 Å². The first kappa shape index (κ1) is 50.1. The lowest BCUT2D eigenvalue weighted by Gasteiger charge is -2.43. The molecule has 0 radical (unpaired) electrons. The van der Waals surface area contributed by atoms with Crippen LogP contribution < -0.4 is 30.4 Å². The summed E-state index contributed by atoms with van der Waals surface area (Å²) >= 11 is 3.88. The maximum absolute atomic E-state index is 2.63. The van der Waals surface area contributed by atoms with Crippen LogP contribution in [0.4, 0.5) is 51.2 Å². The van der Waals surface area contributed by atoms with Gasteiger partial charge in [-0.05, 0) is 151 Å². The Morgan fingerprint density at radius 2 is 0.936 bits per heavy atom. The molecule has 11 aromatic rings. The minimum Gasteiger partial charge on any atom is -0.310 e. The highest BCUT2D eigenvalue weighted by atomic mass is 32.1. The summed E-state index contributed by atoms with van der Waals surface area (Å²) in [6.07, 6.45) is 0. The lowest BCUT2D eigenvalue weighted by molar-refractivity contribution is 0.590. The van der Waals surface area contributed by atoms with Crippen molar-refractivity contribution in [3.05, 3.63) is 216 Å². The predicted molar refractivity (Wildman–Crippen MR) is 344 cm³/mol. The van der Waals surface area contributed by atoms with Crippen LogP contribution in [0.3, 0.4) is 0 Å². The smallest absolute Gasteiger partial charge is 0.264 e. The second kappa shape index (κ2) is 18.1. The summed E-state index contributed by atoms with van der Waals surface area (Å²) < 4.78 is 5.26. The van der Waals surface area contributed by atoms with E-state index in [2.05, 4.69) is 292 Å². The van der Waals surface area contributed by atoms with Gasteiger partial charge in [0.1, 0.15) is 0 Å². The Morgan fingerprint density at radius 3 is 1.55 bits per heavy atom. The summed E-state index contributed by atoms with van der Waals surface area (Å²) in [4.78, 5) is 7.71. The van der Waals surface area contributed by atoms with Crippen LogP contribution >= 0.6 is 22.7 Å². The molecule has 0 saturated carbocycles. The molecule has 2 aromatic heterocycles. The second-order valence-electron chi connectivity index (χ2n) is 25.9. The van der Waals surface area contributed by atoms with Crippen LogP contribution in [0, 0.1) is 0 Å². The van der Waals surface area contributed by atoms with Gasteiger partial charge in [-0.2, -0.15) is 0 Å². The monoisotopic (exact) mass is 1050 g/mol. The summed E-state index contributed by atoms with van der Waals surface area (Å²) in [5.41, 5.74) is 21.2. The third-order valence-corrected chi connectivity index (χ3v) is 18.9. The maximum Gasteiger partial charge on any atom is 0.264 e. The first-order valence-electron chi connectivity index (χ1n) is 27.8. The highest BCUT2D eigenvalue weighted by Crippen LogP contribution is 2.52. The van der Waals surface area contributed by atoms with E-state index in [1.54, 1.807) is 0 Å². The molecule has 13 rings (SSSR count). The van der Waals surface area contributed by atoms with Gasteiger partial charge in [0.2, 0.25) is 0 Å². The van der Waals surface area contributed by atoms with Gasteiger partial charge >= 0.3 is 0 Å². The number of hydrogen-bond acceptors (Lipinski definition) is 5. The fourth-order valence-corrected chi connectivity index (χ4v) is 14.7. The van der Waals surface area contributed by atoms with E-state index in [1.807, 2.05) is 22.7 Å². The van der Waals surface area contributed by atoms with Crippen molar-refractivity contribution >= 4 is 127 Å². The van der Waals surface area contributed by atoms with Gasteiger partial charge < -0.3 is 14.7 Å². The quantitative estimate of drug-likeness (QED) is 0.154. The number of fused-ring (bicyclic) bond motifs is 9. The zero-order valence-electron chi connectivity index (χ0n) is 47.2. The van der Waals surface area contributed by atoms with E-state index < -0.39 is 0 Å². The molecule has 2 aliphatic heterocycles. The Balaban J connectivity index is 1.11. The molecule has 2 aliphatic rings. The molecule has 0 amide bonds. The standard InChI is InChI=1S/C72H68BN3S2/c1-69(2,3)46-27-34-50(35-28-46)74(51-36-29-47(30-37-51)70(4,5)6)53-40-41-57-61(44-53)76(60-25-16-22-55-64-54(45-19-14-13-15-20-45)21-17-26-63(64)77-67(55)60)59-24-18-23-58-65(59)73(57)68-66(56-43-49(72(10,11)12)33-42-62(56)78-68)75(58)52-38-31-48(32-39-52)71(7,8)9/h13-44H,1-12H3. The molecular weight excluding hydrogens is 982 g/mol. The van der Waals surface area contributed by atoms with Gasteiger partial charge in [-0.1, -0.05) is 192 Å². The predicted octanol–water partition coefficient (Wildman–Crippen LogP) is 19.7. The molecule has 0 unspecified atom stereocenters. The molecular formula is C72H68BN3S2. The van der Waals surface area contributed by atoms with Crippen LogP contribution in [-0.2, 0) is 21.7 Å². The van der Waals surface area contributed by atoms with Crippen molar-refractivity contribution in [2.45, 2.75) is 105 Å². The molecule has 0 atom stereocenters. The molecule has 3 nitrogen and oxygen atoms in total. The van der Waals surface area contributed by atoms with E-state index in [0.717, 1.165) is 17.1 Å². The van der Waals surface area contributed by atoms with E-state index >= 15 is 0 Å². The second-order valence-corrected chi connectivity index (χ2v) is 28.0. The Labute approximate surface area is 470 Å². The van der Waals surface area contributed by atoms with Crippen LogP contribution in [0.25, 0.3) is 41.4 Å². The fourth-order valence-electron chi connectivity index (χ4n) is 12.2. The average Bonchev–Trinajstić information content (AvgIpc) is 4.18. The van der Waals surface area contributed by atoms with Crippen LogP contribution in [0.1, 0.15) is 105 Å². The van der Waals surface area contributed by atoms with Crippen molar-refractivity contribution < 1.29 is 0 Å². The Kier molecular flexibility index (Phi) is 11.6. The SMILES string of the molecule is CC(C)(C)c1ccc(N(c2ccc(C(C)(C)C)cc2)c2ccc3c(c2)N(c2cccc4c2sc2cccc(-c5ccccc5)c24)c2cccc4c2B3c2sc3ccc(C(C)(C)C)cc3c2N4c2ccc(C(C)(C)C)cc2)cc1. The molecule has 0 fully saturated rings. The number of benzene rings is 9. The first-order chi connectivity index (χ1) is 37.2. The van der Waals surface area contributed by atoms with Crippen LogP contribution in [0.15, 0.2) is 194 Å². The van der Waals surface area contributed by atoms with Crippen molar-refractivity contribution in [1.82, 2.24) is 0 Å². The normalized spacial score (nSPS) is 13.6. The van der Waals surface area contributed by atoms with Gasteiger partial charge in [0.25, 0.3) is 6.71 Å². The molecule has 4 heterocycles. The summed E-state index contributed by atoms with van der Waals surface area (Å²) in [7, 11) is 0. The number of nitrogens with zero attached hydrogens (tertiary/aromatic N) is 3. The molecule has 6 heteroatoms. The third-order valence-electron chi connectivity index (χ3n) is 16.5. The zero-order valence-corrected chi connectivity index (χ0v) is 48.8. The van der Waals surface area contributed by atoms with Crippen LogP contribution in [0.2, 0.25) is 0 Å². The van der Waals surface area contributed by atoms with Crippen molar-refractivity contribution in [1.29, 1.82) is 0 Å². The van der Waals surface area contributed by atoms with Crippen LogP contribution in [-0.4, -0.2) is 6.71 Å². The summed E-state index contributed by atoms with van der Waals surface area (Å²) in [5, 5.41) is 3.90. The number of rotatable bonds is 6. The van der Waals surface area contributed by atoms with E-state index in [9.17, 15) is 0 Å². The lowest BCUT2D eigenvalue weighted by Crippen LogP contribution is -2.60. The minimum atomic E-state index is -0.0241. The number of anilines is 9. The fraction of sp³-hybridized carbons (Fsp3) is 0.222. The number of hydrogen-bond donors (Lipinski definition) is 0. The Morgan fingerprint density at radius 1 is 0.397 bits per heavy atom. The van der Waals surface area contributed by atoms with Gasteiger partial charge in [-0.3, -0.25) is 0 Å². The van der Waals surface area contributed by atoms with E-state index in [0.29, 0.717) is 0 Å². The van der Waals surface area contributed by atoms with Gasteiger partial charge in [0.05, 0.1) is 16.1 Å². The van der Waals surface area contributed by atoms with Crippen molar-refractivity contribution in [2.24, 2.45) is 0 Å². The van der Waals surface area contributed by atoms with Crippen LogP contribution in [0.5, 0.6) is 0 Å². The van der Waals surface area contributed by atoms with Gasteiger partial charge in [0, 0.05) is 70.1 Å². The molecule has 0 aliphatic carbocycles. The molecule has 9 aromatic carbocycles. The number of thiophene rings is 2. The highest BCUT2D eigenvalue weighted by Gasteiger charge is 2.46. The Bertz CT molecular complexity index is 4060. The molecule has 0 saturated heterocycles. The maximum atomic E-state index is 2.63. The topological polar surface area (TPSA) is 9.72 Å². The summed E-state index contributed by atoms with van der Waals surface area (Å²) in [5.74, 6) is 0. The molecule has 0 bridgehead atoms.